The Morgan fingerprint density at radius 1 is 0.862 bits per heavy atom. The summed E-state index contributed by atoms with van der Waals surface area (Å²) in [6.45, 7) is 0.649. The Bertz CT molecular complexity index is 1050. The average Bonchev–Trinajstić information content (AvgIpc) is 2.79. The molecular formula is C23H21N5O. The maximum atomic E-state index is 5.22. The molecule has 29 heavy (non-hydrogen) atoms. The molecule has 2 aromatic carbocycles. The van der Waals surface area contributed by atoms with E-state index in [1.165, 1.54) is 0 Å². The van der Waals surface area contributed by atoms with Crippen molar-refractivity contribution in [3.8, 4) is 17.0 Å². The number of benzene rings is 2. The summed E-state index contributed by atoms with van der Waals surface area (Å²) in [4.78, 5) is 13.4. The second-order valence-corrected chi connectivity index (χ2v) is 6.39. The van der Waals surface area contributed by atoms with E-state index >= 15 is 0 Å². The molecule has 0 aliphatic rings. The summed E-state index contributed by atoms with van der Waals surface area (Å²) in [5, 5.41) is 6.65. The van der Waals surface area contributed by atoms with Crippen LogP contribution in [0.5, 0.6) is 5.75 Å². The number of ether oxygens (including phenoxy) is 1. The fraction of sp³-hybridized carbons (Fsp3) is 0.0870. The maximum Gasteiger partial charge on any atom is 0.229 e. The summed E-state index contributed by atoms with van der Waals surface area (Å²) in [7, 11) is 1.65. The molecule has 2 N–H and O–H groups in total. The molecule has 6 heteroatoms. The minimum Gasteiger partial charge on any atom is -0.497 e. The number of pyridine rings is 1. The number of hydrogen-bond acceptors (Lipinski definition) is 6. The van der Waals surface area contributed by atoms with Crippen molar-refractivity contribution >= 4 is 17.5 Å². The molecule has 144 valence electrons. The number of nitrogens with zero attached hydrogens (tertiary/aromatic N) is 3. The SMILES string of the molecule is COc1ccc(Nc2nc(NCc3ccncc3)cc(-c3ccccc3)n2)cc1. The number of anilines is 3. The molecule has 0 bridgehead atoms. The molecule has 4 aromatic rings. The van der Waals surface area contributed by atoms with Gasteiger partial charge >= 0.3 is 0 Å². The Kier molecular flexibility index (Phi) is 5.62. The van der Waals surface area contributed by atoms with Gasteiger partial charge in [0, 0.05) is 36.3 Å². The van der Waals surface area contributed by atoms with Crippen LogP contribution in [0.3, 0.4) is 0 Å². The molecule has 4 rings (SSSR count). The second kappa shape index (κ2) is 8.84. The van der Waals surface area contributed by atoms with Crippen molar-refractivity contribution in [2.45, 2.75) is 6.54 Å². The predicted octanol–water partition coefficient (Wildman–Crippen LogP) is 4.90. The van der Waals surface area contributed by atoms with Crippen molar-refractivity contribution in [2.75, 3.05) is 17.7 Å². The average molecular weight is 383 g/mol. The van der Waals surface area contributed by atoms with Gasteiger partial charge < -0.3 is 15.4 Å². The number of hydrogen-bond donors (Lipinski definition) is 2. The number of methoxy groups -OCH3 is 1. The normalized spacial score (nSPS) is 10.4. The van der Waals surface area contributed by atoms with Crippen molar-refractivity contribution in [3.63, 3.8) is 0 Å². The third-order valence-corrected chi connectivity index (χ3v) is 4.36. The van der Waals surface area contributed by atoms with Crippen LogP contribution < -0.4 is 15.4 Å². The van der Waals surface area contributed by atoms with Gasteiger partial charge in [0.25, 0.3) is 0 Å². The van der Waals surface area contributed by atoms with Crippen molar-refractivity contribution < 1.29 is 4.74 Å². The highest BCUT2D eigenvalue weighted by Gasteiger charge is 2.08. The highest BCUT2D eigenvalue weighted by Crippen LogP contribution is 2.24. The molecular weight excluding hydrogens is 362 g/mol. The Morgan fingerprint density at radius 2 is 1.62 bits per heavy atom. The Labute approximate surface area is 169 Å². The van der Waals surface area contributed by atoms with Crippen molar-refractivity contribution in [1.29, 1.82) is 0 Å². The van der Waals surface area contributed by atoms with Crippen LogP contribution in [0.4, 0.5) is 17.5 Å². The summed E-state index contributed by atoms with van der Waals surface area (Å²) in [5.41, 5.74) is 3.88. The lowest BCUT2D eigenvalue weighted by Crippen LogP contribution is -2.05. The van der Waals surface area contributed by atoms with E-state index in [2.05, 4.69) is 20.6 Å². The number of nitrogens with one attached hydrogen (secondary N) is 2. The molecule has 0 atom stereocenters. The molecule has 6 nitrogen and oxygen atoms in total. The zero-order valence-corrected chi connectivity index (χ0v) is 16.0. The van der Waals surface area contributed by atoms with Gasteiger partial charge in [-0.2, -0.15) is 4.98 Å². The van der Waals surface area contributed by atoms with Crippen LogP contribution in [-0.4, -0.2) is 22.1 Å². The zero-order chi connectivity index (χ0) is 19.9. The molecule has 2 heterocycles. The molecule has 0 unspecified atom stereocenters. The van der Waals surface area contributed by atoms with Gasteiger partial charge in [-0.1, -0.05) is 30.3 Å². The van der Waals surface area contributed by atoms with E-state index in [-0.39, 0.29) is 0 Å². The second-order valence-electron chi connectivity index (χ2n) is 6.39. The number of aromatic nitrogens is 3. The van der Waals surface area contributed by atoms with E-state index < -0.39 is 0 Å². The first-order valence-corrected chi connectivity index (χ1v) is 9.28. The van der Waals surface area contributed by atoms with Crippen LogP contribution >= 0.6 is 0 Å². The molecule has 0 saturated carbocycles. The first kappa shape index (κ1) is 18.4. The smallest absolute Gasteiger partial charge is 0.229 e. The number of rotatable bonds is 7. The summed E-state index contributed by atoms with van der Waals surface area (Å²) < 4.78 is 5.22. The molecule has 0 spiro atoms. The molecule has 0 saturated heterocycles. The summed E-state index contributed by atoms with van der Waals surface area (Å²) >= 11 is 0. The topological polar surface area (TPSA) is 72.0 Å². The van der Waals surface area contributed by atoms with Gasteiger partial charge in [-0.15, -0.1) is 0 Å². The lowest BCUT2D eigenvalue weighted by Gasteiger charge is -2.12. The zero-order valence-electron chi connectivity index (χ0n) is 16.0. The molecule has 0 aliphatic carbocycles. The molecule has 0 amide bonds. The third kappa shape index (κ3) is 4.87. The monoisotopic (exact) mass is 383 g/mol. The van der Waals surface area contributed by atoms with Crippen molar-refractivity contribution in [3.05, 3.63) is 90.8 Å². The fourth-order valence-corrected chi connectivity index (χ4v) is 2.85. The molecule has 2 aromatic heterocycles. The minimum atomic E-state index is 0.522. The van der Waals surface area contributed by atoms with E-state index in [1.54, 1.807) is 19.5 Å². The lowest BCUT2D eigenvalue weighted by molar-refractivity contribution is 0.415. The Morgan fingerprint density at radius 3 is 2.34 bits per heavy atom. The van der Waals surface area contributed by atoms with E-state index in [0.717, 1.165) is 34.1 Å². The fourth-order valence-electron chi connectivity index (χ4n) is 2.85. The van der Waals surface area contributed by atoms with Gasteiger partial charge in [0.2, 0.25) is 5.95 Å². The van der Waals surface area contributed by atoms with Gasteiger partial charge in [0.05, 0.1) is 12.8 Å². The van der Waals surface area contributed by atoms with Gasteiger partial charge in [-0.05, 0) is 42.0 Å². The quantitative estimate of drug-likeness (QED) is 0.473. The summed E-state index contributed by atoms with van der Waals surface area (Å²) in [6, 6.07) is 23.6. The van der Waals surface area contributed by atoms with Crippen LogP contribution in [0.1, 0.15) is 5.56 Å². The van der Waals surface area contributed by atoms with E-state index in [1.807, 2.05) is 72.8 Å². The summed E-state index contributed by atoms with van der Waals surface area (Å²) in [6.07, 6.45) is 3.56. The minimum absolute atomic E-state index is 0.522. The lowest BCUT2D eigenvalue weighted by atomic mass is 10.1. The highest BCUT2D eigenvalue weighted by atomic mass is 16.5. The van der Waals surface area contributed by atoms with Crippen molar-refractivity contribution in [1.82, 2.24) is 15.0 Å². The van der Waals surface area contributed by atoms with E-state index in [9.17, 15) is 0 Å². The maximum absolute atomic E-state index is 5.22. The van der Waals surface area contributed by atoms with Crippen LogP contribution in [0.2, 0.25) is 0 Å². The molecule has 0 radical (unpaired) electrons. The van der Waals surface area contributed by atoms with E-state index in [0.29, 0.717) is 12.5 Å². The molecule has 0 aliphatic heterocycles. The Hall–Kier alpha value is -3.93. The first-order valence-electron chi connectivity index (χ1n) is 9.28. The van der Waals surface area contributed by atoms with Gasteiger partial charge in [0.15, 0.2) is 0 Å². The van der Waals surface area contributed by atoms with E-state index in [4.69, 9.17) is 9.72 Å². The van der Waals surface area contributed by atoms with Gasteiger partial charge in [0.1, 0.15) is 11.6 Å². The molecule has 0 fully saturated rings. The van der Waals surface area contributed by atoms with Crippen molar-refractivity contribution in [2.24, 2.45) is 0 Å². The highest BCUT2D eigenvalue weighted by molar-refractivity contribution is 5.66. The van der Waals surface area contributed by atoms with Gasteiger partial charge in [-0.25, -0.2) is 4.98 Å². The van der Waals surface area contributed by atoms with Crippen LogP contribution in [0, 0.1) is 0 Å². The van der Waals surface area contributed by atoms with Crippen LogP contribution in [0.15, 0.2) is 85.2 Å². The Balaban J connectivity index is 1.62. The third-order valence-electron chi connectivity index (χ3n) is 4.36. The first-order chi connectivity index (χ1) is 14.3. The predicted molar refractivity (Wildman–Crippen MR) is 115 cm³/mol. The summed E-state index contributed by atoms with van der Waals surface area (Å²) in [5.74, 6) is 2.06. The van der Waals surface area contributed by atoms with Crippen LogP contribution in [-0.2, 0) is 6.54 Å². The van der Waals surface area contributed by atoms with Gasteiger partial charge in [-0.3, -0.25) is 4.98 Å². The van der Waals surface area contributed by atoms with Crippen LogP contribution in [0.25, 0.3) is 11.3 Å². The largest absolute Gasteiger partial charge is 0.497 e. The standard InChI is InChI=1S/C23H21N5O/c1-29-20-9-7-19(8-10-20)26-23-27-21(18-5-3-2-4-6-18)15-22(28-23)25-16-17-11-13-24-14-12-17/h2-15H,16H2,1H3,(H2,25,26,27,28).